The summed E-state index contributed by atoms with van der Waals surface area (Å²) in [6.07, 6.45) is 0.590. The summed E-state index contributed by atoms with van der Waals surface area (Å²) in [6.45, 7) is 6.59. The topological polar surface area (TPSA) is 107 Å². The first-order valence-corrected chi connectivity index (χ1v) is 13.1. The Morgan fingerprint density at radius 1 is 1.11 bits per heavy atom. The molecule has 202 valence electrons. The Morgan fingerprint density at radius 3 is 2.37 bits per heavy atom. The number of aromatic nitrogens is 2. The molecule has 0 radical (unpaired) electrons. The lowest BCUT2D eigenvalue weighted by Gasteiger charge is -2.21. The highest BCUT2D eigenvalue weighted by Crippen LogP contribution is 2.30. The number of rotatable bonds is 11. The minimum Gasteiger partial charge on any atom is -0.625 e. The van der Waals surface area contributed by atoms with Gasteiger partial charge in [0.25, 0.3) is 5.91 Å². The van der Waals surface area contributed by atoms with Crippen molar-refractivity contribution in [3.8, 4) is 5.69 Å². The highest BCUT2D eigenvalue weighted by atomic mass is 19.1. The second-order valence-corrected chi connectivity index (χ2v) is 10.5. The van der Waals surface area contributed by atoms with Crippen molar-refractivity contribution in [1.82, 2.24) is 9.78 Å². The molecule has 0 aliphatic carbocycles. The summed E-state index contributed by atoms with van der Waals surface area (Å²) in [5.41, 5.74) is 3.26. The summed E-state index contributed by atoms with van der Waals surface area (Å²) in [5, 5.41) is 30.0. The first-order valence-electron chi connectivity index (χ1n) is 13.1. The molecule has 1 saturated heterocycles. The van der Waals surface area contributed by atoms with E-state index in [0.29, 0.717) is 49.4 Å². The van der Waals surface area contributed by atoms with E-state index in [1.54, 1.807) is 28.9 Å². The fourth-order valence-corrected chi connectivity index (χ4v) is 4.74. The van der Waals surface area contributed by atoms with Gasteiger partial charge in [-0.25, -0.2) is 13.9 Å². The molecule has 2 atom stereocenters. The predicted molar refractivity (Wildman–Crippen MR) is 143 cm³/mol. The Hall–Kier alpha value is -3.40. The number of quaternary nitrogens is 1. The molecule has 0 unspecified atom stereocenters. The minimum atomic E-state index is -0.874. The number of benzene rings is 2. The molecule has 2 heterocycles. The molecular weight excluding hydrogens is 487 g/mol. The van der Waals surface area contributed by atoms with Gasteiger partial charge in [-0.1, -0.05) is 39.0 Å². The number of anilines is 1. The molecule has 1 aliphatic heterocycles. The van der Waals surface area contributed by atoms with Crippen molar-refractivity contribution >= 4 is 17.5 Å². The Labute approximate surface area is 222 Å². The van der Waals surface area contributed by atoms with E-state index in [1.165, 1.54) is 12.1 Å². The number of nitrogens with one attached hydrogen (secondary N) is 1. The van der Waals surface area contributed by atoms with Gasteiger partial charge in [-0.15, -0.1) is 0 Å². The Kier molecular flexibility index (Phi) is 8.40. The zero-order chi connectivity index (χ0) is 27.4. The van der Waals surface area contributed by atoms with Crippen LogP contribution in [0.3, 0.4) is 0 Å². The molecule has 1 fully saturated rings. The van der Waals surface area contributed by atoms with Crippen LogP contribution in [0.25, 0.3) is 5.69 Å². The maximum atomic E-state index is 13.7. The number of carbonyl (C=O) groups excluding carboxylic acids is 2. The molecular formula is C29H35FN4O4. The van der Waals surface area contributed by atoms with Crippen LogP contribution in [0.2, 0.25) is 0 Å². The third kappa shape index (κ3) is 6.53. The number of hydroxylamine groups is 3. The monoisotopic (exact) mass is 522 g/mol. The summed E-state index contributed by atoms with van der Waals surface area (Å²) in [5.74, 6) is -1.12. The standard InChI is InChI=1S/C29H35FN4O4/c1-19(2)27-25(14-9-20(3)17-24(35)18-26(36)34(38)15-16-34)33(23-12-10-21(30)11-13-23)32-28(27)29(37)31-22-7-5-4-6-8-22/h4-8,10-13,19-20,24,35H,9,14-18H2,1-3H3,(H,31,37)/t20-,24-/m1/s1. The van der Waals surface area contributed by atoms with E-state index in [-0.39, 0.29) is 30.0 Å². The van der Waals surface area contributed by atoms with Gasteiger partial charge in [0.05, 0.1) is 18.2 Å². The molecule has 1 aliphatic rings. The largest absolute Gasteiger partial charge is 0.625 e. The normalized spacial score (nSPS) is 15.8. The Balaban J connectivity index is 1.57. The van der Waals surface area contributed by atoms with Crippen molar-refractivity contribution in [2.45, 2.75) is 58.5 Å². The lowest BCUT2D eigenvalue weighted by atomic mass is 9.92. The first-order chi connectivity index (χ1) is 18.1. The molecule has 2 N–H and O–H groups in total. The summed E-state index contributed by atoms with van der Waals surface area (Å²) >= 11 is 0. The number of amides is 2. The number of para-hydroxylation sites is 1. The van der Waals surface area contributed by atoms with Crippen molar-refractivity contribution in [1.29, 1.82) is 0 Å². The van der Waals surface area contributed by atoms with Crippen LogP contribution in [0.4, 0.5) is 10.1 Å². The quantitative estimate of drug-likeness (QED) is 0.210. The lowest BCUT2D eigenvalue weighted by molar-refractivity contribution is -0.660. The first kappa shape index (κ1) is 27.6. The summed E-state index contributed by atoms with van der Waals surface area (Å²) < 4.78 is 14.5. The number of nitrogens with zero attached hydrogens (tertiary/aromatic N) is 3. The van der Waals surface area contributed by atoms with Crippen LogP contribution in [0.5, 0.6) is 0 Å². The van der Waals surface area contributed by atoms with Crippen molar-refractivity contribution < 1.29 is 23.7 Å². The third-order valence-corrected chi connectivity index (χ3v) is 6.96. The van der Waals surface area contributed by atoms with Crippen LogP contribution in [0.1, 0.15) is 67.7 Å². The van der Waals surface area contributed by atoms with E-state index in [2.05, 4.69) is 5.32 Å². The van der Waals surface area contributed by atoms with E-state index in [9.17, 15) is 24.3 Å². The molecule has 4 rings (SSSR count). The maximum absolute atomic E-state index is 13.7. The number of aliphatic hydroxyl groups excluding tert-OH is 1. The van der Waals surface area contributed by atoms with Gasteiger partial charge in [0, 0.05) is 16.9 Å². The number of hydrogen-bond acceptors (Lipinski definition) is 5. The summed E-state index contributed by atoms with van der Waals surface area (Å²) in [7, 11) is 0. The second kappa shape index (κ2) is 11.6. The molecule has 2 aromatic carbocycles. The van der Waals surface area contributed by atoms with Gasteiger partial charge in [0.2, 0.25) is 0 Å². The number of hydrogen-bond donors (Lipinski definition) is 2. The Bertz CT molecular complexity index is 1270. The van der Waals surface area contributed by atoms with E-state index in [4.69, 9.17) is 5.10 Å². The highest BCUT2D eigenvalue weighted by Gasteiger charge is 2.41. The van der Waals surface area contributed by atoms with Crippen LogP contribution in [0.15, 0.2) is 54.6 Å². The molecule has 9 heteroatoms. The van der Waals surface area contributed by atoms with Crippen molar-refractivity contribution in [2.75, 3.05) is 18.4 Å². The van der Waals surface area contributed by atoms with E-state index in [0.717, 1.165) is 11.3 Å². The van der Waals surface area contributed by atoms with Gasteiger partial charge < -0.3 is 15.6 Å². The average molecular weight is 523 g/mol. The van der Waals surface area contributed by atoms with Crippen LogP contribution in [-0.2, 0) is 11.2 Å². The molecule has 0 saturated carbocycles. The van der Waals surface area contributed by atoms with Crippen LogP contribution < -0.4 is 5.32 Å². The molecule has 0 spiro atoms. The average Bonchev–Trinajstić information content (AvgIpc) is 3.51. The summed E-state index contributed by atoms with van der Waals surface area (Å²) in [4.78, 5) is 25.4. The molecule has 1 aromatic heterocycles. The van der Waals surface area contributed by atoms with Crippen molar-refractivity contribution in [3.63, 3.8) is 0 Å². The molecule has 0 bridgehead atoms. The SMILES string of the molecule is CC(C)c1c(C(=O)Nc2ccccc2)nn(-c2ccc(F)cc2)c1CC[C@@H](C)C[C@@H](O)CC(=O)[N+]1([O-])CC1. The van der Waals surface area contributed by atoms with E-state index in [1.807, 2.05) is 39.0 Å². The molecule has 2 amide bonds. The third-order valence-electron chi connectivity index (χ3n) is 6.96. The van der Waals surface area contributed by atoms with Gasteiger partial charge in [-0.05, 0) is 67.5 Å². The Morgan fingerprint density at radius 2 is 1.76 bits per heavy atom. The van der Waals surface area contributed by atoms with Crippen LogP contribution in [-0.4, -0.2) is 50.5 Å². The van der Waals surface area contributed by atoms with Gasteiger partial charge >= 0.3 is 5.91 Å². The predicted octanol–water partition coefficient (Wildman–Crippen LogP) is 4.95. The minimum absolute atomic E-state index is 0.0150. The van der Waals surface area contributed by atoms with Crippen LogP contribution in [0, 0.1) is 16.9 Å². The van der Waals surface area contributed by atoms with Gasteiger partial charge in [0.15, 0.2) is 5.69 Å². The molecule has 8 nitrogen and oxygen atoms in total. The zero-order valence-corrected chi connectivity index (χ0v) is 22.1. The van der Waals surface area contributed by atoms with E-state index < -0.39 is 16.7 Å². The number of carbonyl (C=O) groups is 2. The maximum Gasteiger partial charge on any atom is 0.316 e. The van der Waals surface area contributed by atoms with Crippen molar-refractivity contribution in [2.24, 2.45) is 5.92 Å². The highest BCUT2D eigenvalue weighted by molar-refractivity contribution is 6.04. The molecule has 3 aromatic rings. The van der Waals surface area contributed by atoms with E-state index >= 15 is 0 Å². The molecule has 38 heavy (non-hydrogen) atoms. The smallest absolute Gasteiger partial charge is 0.316 e. The number of aliphatic hydroxyl groups is 1. The number of halogens is 1. The summed E-state index contributed by atoms with van der Waals surface area (Å²) in [6, 6.07) is 15.1. The zero-order valence-electron chi connectivity index (χ0n) is 22.1. The van der Waals surface area contributed by atoms with Gasteiger partial charge in [-0.3, -0.25) is 9.44 Å². The van der Waals surface area contributed by atoms with Gasteiger partial charge in [0.1, 0.15) is 18.9 Å². The fourth-order valence-electron chi connectivity index (χ4n) is 4.74. The van der Waals surface area contributed by atoms with Gasteiger partial charge in [-0.2, -0.15) is 5.10 Å². The van der Waals surface area contributed by atoms with Crippen molar-refractivity contribution in [3.05, 3.63) is 82.6 Å². The second-order valence-electron chi connectivity index (χ2n) is 10.5. The van der Waals surface area contributed by atoms with Crippen LogP contribution >= 0.6 is 0 Å². The lowest BCUT2D eigenvalue weighted by Crippen LogP contribution is -2.31. The fraction of sp³-hybridized carbons (Fsp3) is 0.414.